The minimum Gasteiger partial charge on any atom is -0.359 e. The van der Waals surface area contributed by atoms with Crippen LogP contribution in [-0.2, 0) is 0 Å². The predicted octanol–water partition coefficient (Wildman–Crippen LogP) is 3.75. The van der Waals surface area contributed by atoms with Crippen LogP contribution in [-0.4, -0.2) is 16.5 Å². The number of hydrogen-bond acceptors (Lipinski definition) is 2. The Morgan fingerprint density at radius 1 is 1.25 bits per heavy atom. The van der Waals surface area contributed by atoms with E-state index in [4.69, 9.17) is 0 Å². The van der Waals surface area contributed by atoms with Gasteiger partial charge in [-0.2, -0.15) is 0 Å². The SMILES string of the molecule is O=C(CSc1ccc(Br)cc1)c1ccc[nH]1. The number of H-pyrrole nitrogens is 1. The molecule has 1 N–H and O–H groups in total. The third-order valence-electron chi connectivity index (χ3n) is 2.08. The van der Waals surface area contributed by atoms with E-state index >= 15 is 0 Å². The Bertz CT molecular complexity index is 464. The van der Waals surface area contributed by atoms with Crippen molar-refractivity contribution in [3.8, 4) is 0 Å². The van der Waals surface area contributed by atoms with Gasteiger partial charge < -0.3 is 4.98 Å². The Hall–Kier alpha value is -1.00. The van der Waals surface area contributed by atoms with Gasteiger partial charge in [-0.15, -0.1) is 11.8 Å². The van der Waals surface area contributed by atoms with Gasteiger partial charge in [0.2, 0.25) is 0 Å². The van der Waals surface area contributed by atoms with E-state index in [2.05, 4.69) is 20.9 Å². The van der Waals surface area contributed by atoms with E-state index in [1.165, 1.54) is 0 Å². The highest BCUT2D eigenvalue weighted by Gasteiger charge is 2.06. The summed E-state index contributed by atoms with van der Waals surface area (Å²) in [5.74, 6) is 0.584. The minimum atomic E-state index is 0.123. The number of hydrogen-bond donors (Lipinski definition) is 1. The summed E-state index contributed by atoms with van der Waals surface area (Å²) >= 11 is 4.92. The number of benzene rings is 1. The Morgan fingerprint density at radius 2 is 2.00 bits per heavy atom. The van der Waals surface area contributed by atoms with Gasteiger partial charge in [-0.05, 0) is 36.4 Å². The summed E-state index contributed by atoms with van der Waals surface area (Å²) < 4.78 is 1.05. The maximum Gasteiger partial charge on any atom is 0.189 e. The minimum absolute atomic E-state index is 0.123. The van der Waals surface area contributed by atoms with Gasteiger partial charge in [-0.25, -0.2) is 0 Å². The van der Waals surface area contributed by atoms with Crippen LogP contribution in [0.25, 0.3) is 0 Å². The average Bonchev–Trinajstić information content (AvgIpc) is 2.81. The molecule has 0 unspecified atom stereocenters. The monoisotopic (exact) mass is 295 g/mol. The van der Waals surface area contributed by atoms with Crippen LogP contribution in [0.4, 0.5) is 0 Å². The van der Waals surface area contributed by atoms with Crippen molar-refractivity contribution in [3.63, 3.8) is 0 Å². The fourth-order valence-electron chi connectivity index (χ4n) is 1.26. The molecule has 1 aromatic heterocycles. The van der Waals surface area contributed by atoms with Crippen molar-refractivity contribution in [2.75, 3.05) is 5.75 Å². The van der Waals surface area contributed by atoms with Crippen LogP contribution in [0.2, 0.25) is 0 Å². The van der Waals surface area contributed by atoms with Crippen LogP contribution in [0.3, 0.4) is 0 Å². The Morgan fingerprint density at radius 3 is 2.62 bits per heavy atom. The Labute approximate surface area is 107 Å². The van der Waals surface area contributed by atoms with Gasteiger partial charge in [0, 0.05) is 15.6 Å². The van der Waals surface area contributed by atoms with Crippen LogP contribution in [0.1, 0.15) is 10.5 Å². The van der Waals surface area contributed by atoms with Crippen molar-refractivity contribution in [2.24, 2.45) is 0 Å². The van der Waals surface area contributed by atoms with Crippen molar-refractivity contribution in [1.29, 1.82) is 0 Å². The summed E-state index contributed by atoms with van der Waals surface area (Å²) in [6.07, 6.45) is 1.76. The van der Waals surface area contributed by atoms with Gasteiger partial charge in [0.1, 0.15) is 0 Å². The first-order valence-corrected chi connectivity index (χ1v) is 6.58. The van der Waals surface area contributed by atoms with E-state index in [0.29, 0.717) is 11.4 Å². The molecule has 2 aromatic rings. The van der Waals surface area contributed by atoms with Gasteiger partial charge in [-0.3, -0.25) is 4.79 Å². The molecule has 2 nitrogen and oxygen atoms in total. The molecule has 4 heteroatoms. The van der Waals surface area contributed by atoms with E-state index < -0.39 is 0 Å². The van der Waals surface area contributed by atoms with E-state index in [1.54, 1.807) is 24.0 Å². The van der Waals surface area contributed by atoms with Gasteiger partial charge in [0.05, 0.1) is 11.4 Å². The van der Waals surface area contributed by atoms with Crippen molar-refractivity contribution in [1.82, 2.24) is 4.98 Å². The van der Waals surface area contributed by atoms with Gasteiger partial charge >= 0.3 is 0 Å². The number of nitrogens with one attached hydrogen (secondary N) is 1. The number of rotatable bonds is 4. The largest absolute Gasteiger partial charge is 0.359 e. The molecule has 0 saturated carbocycles. The van der Waals surface area contributed by atoms with Crippen molar-refractivity contribution >= 4 is 33.5 Å². The quantitative estimate of drug-likeness (QED) is 0.688. The number of aromatic nitrogens is 1. The van der Waals surface area contributed by atoms with Gasteiger partial charge in [0.25, 0.3) is 0 Å². The molecule has 0 saturated heterocycles. The second-order valence-corrected chi connectivity index (χ2v) is 5.21. The normalized spacial score (nSPS) is 10.3. The number of aromatic amines is 1. The summed E-state index contributed by atoms with van der Waals surface area (Å²) in [7, 11) is 0. The molecule has 0 aliphatic heterocycles. The summed E-state index contributed by atoms with van der Waals surface area (Å²) in [4.78, 5) is 15.7. The first kappa shape index (κ1) is 11.5. The lowest BCUT2D eigenvalue weighted by Crippen LogP contribution is -2.02. The number of carbonyl (C=O) groups excluding carboxylic acids is 1. The first-order valence-electron chi connectivity index (χ1n) is 4.80. The zero-order chi connectivity index (χ0) is 11.4. The summed E-state index contributed by atoms with van der Waals surface area (Å²) in [5, 5.41) is 0. The van der Waals surface area contributed by atoms with Crippen molar-refractivity contribution in [2.45, 2.75) is 4.90 Å². The fraction of sp³-hybridized carbons (Fsp3) is 0.0833. The zero-order valence-electron chi connectivity index (χ0n) is 8.44. The number of thioether (sulfide) groups is 1. The maximum atomic E-state index is 11.7. The van der Waals surface area contributed by atoms with Crippen molar-refractivity contribution < 1.29 is 4.79 Å². The van der Waals surface area contributed by atoms with E-state index in [9.17, 15) is 4.79 Å². The molecule has 0 radical (unpaired) electrons. The third-order valence-corrected chi connectivity index (χ3v) is 3.62. The molecule has 16 heavy (non-hydrogen) atoms. The zero-order valence-corrected chi connectivity index (χ0v) is 10.8. The number of carbonyl (C=O) groups is 1. The third kappa shape index (κ3) is 3.00. The molecule has 0 amide bonds. The highest BCUT2D eigenvalue weighted by molar-refractivity contribution is 9.10. The van der Waals surface area contributed by atoms with Gasteiger partial charge in [-0.1, -0.05) is 15.9 Å². The maximum absolute atomic E-state index is 11.7. The molecule has 0 spiro atoms. The summed E-state index contributed by atoms with van der Waals surface area (Å²) in [6, 6.07) is 11.6. The first-order chi connectivity index (χ1) is 7.75. The van der Waals surface area contributed by atoms with E-state index in [-0.39, 0.29) is 5.78 Å². The number of halogens is 1. The number of ketones is 1. The molecular weight excluding hydrogens is 286 g/mol. The van der Waals surface area contributed by atoms with Crippen molar-refractivity contribution in [3.05, 3.63) is 52.8 Å². The molecule has 0 bridgehead atoms. The molecule has 0 atom stereocenters. The molecular formula is C12H10BrNOS. The molecule has 0 fully saturated rings. The smallest absolute Gasteiger partial charge is 0.189 e. The van der Waals surface area contributed by atoms with Crippen LogP contribution in [0.15, 0.2) is 52.0 Å². The summed E-state index contributed by atoms with van der Waals surface area (Å²) in [5.41, 5.74) is 0.671. The highest BCUT2D eigenvalue weighted by atomic mass is 79.9. The van der Waals surface area contributed by atoms with Crippen LogP contribution in [0.5, 0.6) is 0 Å². The fourth-order valence-corrected chi connectivity index (χ4v) is 2.31. The van der Waals surface area contributed by atoms with Crippen LogP contribution >= 0.6 is 27.7 Å². The molecule has 1 heterocycles. The second kappa shape index (κ2) is 5.37. The Balaban J connectivity index is 1.93. The highest BCUT2D eigenvalue weighted by Crippen LogP contribution is 2.21. The second-order valence-electron chi connectivity index (χ2n) is 3.25. The Kier molecular flexibility index (Phi) is 3.85. The molecule has 1 aromatic carbocycles. The molecule has 82 valence electrons. The molecule has 2 rings (SSSR count). The lowest BCUT2D eigenvalue weighted by Gasteiger charge is -2.00. The van der Waals surface area contributed by atoms with E-state index in [1.807, 2.05) is 30.3 Å². The predicted molar refractivity (Wildman–Crippen MR) is 70.0 cm³/mol. The molecule has 0 aliphatic carbocycles. The standard InChI is InChI=1S/C12H10BrNOS/c13-9-3-5-10(6-4-9)16-8-12(15)11-2-1-7-14-11/h1-7,14H,8H2. The molecule has 0 aliphatic rings. The lowest BCUT2D eigenvalue weighted by molar-refractivity contribution is 0.101. The summed E-state index contributed by atoms with van der Waals surface area (Å²) in [6.45, 7) is 0. The van der Waals surface area contributed by atoms with E-state index in [0.717, 1.165) is 9.37 Å². The lowest BCUT2D eigenvalue weighted by atomic mass is 10.3. The average molecular weight is 296 g/mol. The van der Waals surface area contributed by atoms with Crippen LogP contribution < -0.4 is 0 Å². The number of Topliss-reactive ketones (excluding diaryl/α,β-unsaturated/α-hetero) is 1. The topological polar surface area (TPSA) is 32.9 Å². The van der Waals surface area contributed by atoms with Crippen LogP contribution in [0, 0.1) is 0 Å². The van der Waals surface area contributed by atoms with Gasteiger partial charge in [0.15, 0.2) is 5.78 Å².